The van der Waals surface area contributed by atoms with Crippen molar-refractivity contribution in [2.75, 3.05) is 0 Å². The Kier molecular flexibility index (Phi) is 2.83. The third kappa shape index (κ3) is 1.77. The van der Waals surface area contributed by atoms with E-state index in [0.29, 0.717) is 0 Å². The minimum atomic E-state index is 1.34. The molecule has 0 heteroatoms. The van der Waals surface area contributed by atoms with Crippen LogP contribution in [0, 0.1) is 0 Å². The molecule has 0 saturated heterocycles. The zero-order valence-corrected chi connectivity index (χ0v) is 19.4. The molecule has 0 saturated carbocycles. The summed E-state index contributed by atoms with van der Waals surface area (Å²) in [5.41, 5.74) is 0. The molecule has 10 aromatic carbocycles. The van der Waals surface area contributed by atoms with Crippen molar-refractivity contribution in [3.8, 4) is 0 Å². The lowest BCUT2D eigenvalue weighted by atomic mass is 9.79. The first kappa shape index (κ1) is 17.7. The van der Waals surface area contributed by atoms with Crippen LogP contribution in [0.4, 0.5) is 0 Å². The largest absolute Gasteiger partial charge is 0.0616 e. The summed E-state index contributed by atoms with van der Waals surface area (Å²) >= 11 is 0. The average molecular weight is 451 g/mol. The second kappa shape index (κ2) is 5.75. The summed E-state index contributed by atoms with van der Waals surface area (Å²) in [7, 11) is 0. The highest BCUT2D eigenvalue weighted by Gasteiger charge is 2.24. The summed E-state index contributed by atoms with van der Waals surface area (Å²) in [5.74, 6) is 0. The molecule has 36 heavy (non-hydrogen) atoms. The first-order valence-corrected chi connectivity index (χ1v) is 12.7. The van der Waals surface area contributed by atoms with E-state index in [9.17, 15) is 0 Å². The topological polar surface area (TPSA) is 0 Å². The van der Waals surface area contributed by atoms with E-state index in [0.717, 1.165) is 0 Å². The van der Waals surface area contributed by atoms with Crippen molar-refractivity contribution < 1.29 is 0 Å². The van der Waals surface area contributed by atoms with E-state index in [1.54, 1.807) is 0 Å². The Morgan fingerprint density at radius 2 is 0.389 bits per heavy atom. The third-order valence-electron chi connectivity index (χ3n) is 8.88. The number of fused-ring (bicyclic) bond motifs is 8. The Bertz CT molecular complexity index is 2330. The van der Waals surface area contributed by atoms with Crippen LogP contribution in [0.3, 0.4) is 0 Å². The van der Waals surface area contributed by atoms with E-state index < -0.39 is 0 Å². The minimum absolute atomic E-state index is 1.34. The van der Waals surface area contributed by atoms with Gasteiger partial charge >= 0.3 is 0 Å². The van der Waals surface area contributed by atoms with Crippen LogP contribution in [-0.2, 0) is 0 Å². The lowest BCUT2D eigenvalue weighted by Crippen LogP contribution is -1.95. The van der Waals surface area contributed by atoms with Gasteiger partial charge in [-0.15, -0.1) is 0 Å². The molecule has 0 nitrogen and oxygen atoms in total. The summed E-state index contributed by atoms with van der Waals surface area (Å²) < 4.78 is 0. The monoisotopic (exact) mass is 450 g/mol. The number of hydrogen-bond acceptors (Lipinski definition) is 0. The molecule has 0 bridgehead atoms. The quantitative estimate of drug-likeness (QED) is 0.159. The van der Waals surface area contributed by atoms with Crippen LogP contribution >= 0.6 is 0 Å². The maximum atomic E-state index is 2.39. The maximum absolute atomic E-state index is 2.39. The van der Waals surface area contributed by atoms with E-state index >= 15 is 0 Å². The van der Waals surface area contributed by atoms with Gasteiger partial charge in [-0.05, 0) is 97.0 Å². The molecule has 0 spiro atoms. The van der Waals surface area contributed by atoms with Crippen molar-refractivity contribution in [1.82, 2.24) is 0 Å². The molecule has 0 aliphatic heterocycles. The van der Waals surface area contributed by atoms with Crippen molar-refractivity contribution in [2.45, 2.75) is 0 Å². The molecule has 0 aliphatic carbocycles. The molecule has 0 aromatic heterocycles. The van der Waals surface area contributed by atoms with Crippen molar-refractivity contribution in [3.05, 3.63) is 109 Å². The molecule has 0 atom stereocenters. The van der Waals surface area contributed by atoms with Gasteiger partial charge < -0.3 is 0 Å². The van der Waals surface area contributed by atoms with Crippen LogP contribution < -0.4 is 0 Å². The summed E-state index contributed by atoms with van der Waals surface area (Å²) in [4.78, 5) is 0. The van der Waals surface area contributed by atoms with Crippen molar-refractivity contribution in [3.63, 3.8) is 0 Å². The lowest BCUT2D eigenvalue weighted by Gasteiger charge is -2.23. The Labute approximate surface area is 206 Å². The summed E-state index contributed by atoms with van der Waals surface area (Å²) in [6.45, 7) is 0. The average Bonchev–Trinajstić information content (AvgIpc) is 2.95. The van der Waals surface area contributed by atoms with Gasteiger partial charge in [0.15, 0.2) is 0 Å². The number of benzene rings is 10. The van der Waals surface area contributed by atoms with E-state index in [1.165, 1.54) is 97.0 Å². The lowest BCUT2D eigenvalue weighted by molar-refractivity contribution is 1.80. The van der Waals surface area contributed by atoms with Crippen molar-refractivity contribution >= 4 is 97.0 Å². The predicted molar refractivity (Wildman–Crippen MR) is 158 cm³/mol. The van der Waals surface area contributed by atoms with E-state index in [4.69, 9.17) is 0 Å². The molecule has 0 amide bonds. The normalized spacial score (nSPS) is 13.0. The van der Waals surface area contributed by atoms with Crippen LogP contribution in [0.5, 0.6) is 0 Å². The number of rotatable bonds is 0. The first-order chi connectivity index (χ1) is 17.9. The fourth-order valence-electron chi connectivity index (χ4n) is 7.59. The Balaban J connectivity index is 1.70. The van der Waals surface area contributed by atoms with Gasteiger partial charge in [0.25, 0.3) is 0 Å². The van der Waals surface area contributed by atoms with E-state index in [2.05, 4.69) is 109 Å². The maximum Gasteiger partial charge on any atom is -0.000718 e. The Morgan fingerprint density at radius 1 is 0.167 bits per heavy atom. The highest BCUT2D eigenvalue weighted by atomic mass is 14.3. The predicted octanol–water partition coefficient (Wildman–Crippen LogP) is 10.4. The molecule has 10 rings (SSSR count). The molecule has 10 aromatic rings. The molecule has 0 radical (unpaired) electrons. The molecule has 0 heterocycles. The van der Waals surface area contributed by atoms with Crippen LogP contribution in [0.25, 0.3) is 97.0 Å². The smallest absolute Gasteiger partial charge is 0.000718 e. The van der Waals surface area contributed by atoms with Gasteiger partial charge in [0.2, 0.25) is 0 Å². The summed E-state index contributed by atoms with van der Waals surface area (Å²) in [5, 5.41) is 24.8. The van der Waals surface area contributed by atoms with Gasteiger partial charge in [0.05, 0.1) is 0 Å². The fraction of sp³-hybridized carbons (Fsp3) is 0. The van der Waals surface area contributed by atoms with Gasteiger partial charge in [-0.25, -0.2) is 0 Å². The highest BCUT2D eigenvalue weighted by Crippen LogP contribution is 2.52. The third-order valence-corrected chi connectivity index (χ3v) is 8.88. The zero-order valence-electron chi connectivity index (χ0n) is 19.4. The molecule has 0 unspecified atom stereocenters. The molecule has 162 valence electrons. The molecular weight excluding hydrogens is 432 g/mol. The zero-order chi connectivity index (χ0) is 23.1. The van der Waals surface area contributed by atoms with Crippen molar-refractivity contribution in [2.24, 2.45) is 0 Å². The van der Waals surface area contributed by atoms with Crippen LogP contribution in [0.15, 0.2) is 109 Å². The molecule has 0 fully saturated rings. The van der Waals surface area contributed by atoms with Crippen LogP contribution in [0.2, 0.25) is 0 Å². The summed E-state index contributed by atoms with van der Waals surface area (Å²) in [6.07, 6.45) is 0. The Hall–Kier alpha value is -4.68. The van der Waals surface area contributed by atoms with Crippen LogP contribution in [-0.4, -0.2) is 0 Å². The van der Waals surface area contributed by atoms with Gasteiger partial charge in [-0.2, -0.15) is 0 Å². The molecule has 0 aliphatic rings. The van der Waals surface area contributed by atoms with Gasteiger partial charge in [-0.1, -0.05) is 109 Å². The second-order valence-electron chi connectivity index (χ2n) is 10.4. The minimum Gasteiger partial charge on any atom is -0.0616 e. The standard InChI is InChI=1S/C36H18/c1-3-9-21-19(7-1)23-11-5-13-25-29-18-16-28-22-10-4-2-8-20(22)24-12-6-14-26-30-17-15-27(21)33(31(23)25)35(30)36(29)34(28)32(24)26/h1-18H. The van der Waals surface area contributed by atoms with Crippen molar-refractivity contribution in [1.29, 1.82) is 0 Å². The SMILES string of the molecule is c1ccc2c(c1)c1cccc3c4ccc5c6ccccc6c6cccc7c8ccc2c(c13)c8c4c5c67. The van der Waals surface area contributed by atoms with Gasteiger partial charge in [0.1, 0.15) is 0 Å². The summed E-state index contributed by atoms with van der Waals surface area (Å²) in [6, 6.07) is 41.2. The molecule has 0 N–H and O–H groups in total. The second-order valence-corrected chi connectivity index (χ2v) is 10.4. The van der Waals surface area contributed by atoms with Gasteiger partial charge in [0, 0.05) is 0 Å². The van der Waals surface area contributed by atoms with Crippen LogP contribution in [0.1, 0.15) is 0 Å². The number of hydrogen-bond donors (Lipinski definition) is 0. The first-order valence-electron chi connectivity index (χ1n) is 12.7. The van der Waals surface area contributed by atoms with E-state index in [1.807, 2.05) is 0 Å². The highest BCUT2D eigenvalue weighted by molar-refractivity contribution is 6.51. The van der Waals surface area contributed by atoms with Gasteiger partial charge in [-0.3, -0.25) is 0 Å². The molecular formula is C36H18. The Morgan fingerprint density at radius 3 is 0.750 bits per heavy atom. The fourth-order valence-corrected chi connectivity index (χ4v) is 7.59. The van der Waals surface area contributed by atoms with E-state index in [-0.39, 0.29) is 0 Å².